The van der Waals surface area contributed by atoms with Crippen molar-refractivity contribution in [1.82, 2.24) is 19.7 Å². The molecule has 1 aromatic carbocycles. The molecule has 6 rings (SSSR count). The lowest BCUT2D eigenvalue weighted by molar-refractivity contribution is 0.0963. The fourth-order valence-electron chi connectivity index (χ4n) is 5.32. The van der Waals surface area contributed by atoms with E-state index in [4.69, 9.17) is 4.74 Å². The summed E-state index contributed by atoms with van der Waals surface area (Å²) in [5.41, 5.74) is 9.39. The zero-order valence-electron chi connectivity index (χ0n) is 20.9. The number of thiophene rings is 1. The number of aliphatic hydroxyl groups excluding tert-OH is 1. The first-order valence-electron chi connectivity index (χ1n) is 12.5. The number of fused-ring (bicyclic) bond motifs is 2. The standard InChI is InChI=1S/C29H28N4O3S/c1-17-7-18(29-24-8-19(9-25(24)30-16-31-29)22-12-32-33(2)13-22)3-4-23(17)20(14-34)10-26(35)28-11-21-15-36-6-5-27(21)37-28/h3-4,7,9,11-13,16,20,34H,5-6,8,10,14-15H2,1-2H3. The summed E-state index contributed by atoms with van der Waals surface area (Å²) in [6.45, 7) is 3.24. The summed E-state index contributed by atoms with van der Waals surface area (Å²) >= 11 is 1.57. The third-order valence-corrected chi connectivity index (χ3v) is 8.55. The van der Waals surface area contributed by atoms with Crippen molar-refractivity contribution in [1.29, 1.82) is 0 Å². The van der Waals surface area contributed by atoms with E-state index in [2.05, 4.69) is 27.2 Å². The van der Waals surface area contributed by atoms with Crippen LogP contribution in [0.5, 0.6) is 0 Å². The van der Waals surface area contributed by atoms with Gasteiger partial charge in [-0.3, -0.25) is 9.48 Å². The van der Waals surface area contributed by atoms with Crippen LogP contribution >= 0.6 is 11.3 Å². The number of carbonyl (C=O) groups is 1. The van der Waals surface area contributed by atoms with Gasteiger partial charge in [-0.2, -0.15) is 5.10 Å². The highest BCUT2D eigenvalue weighted by Gasteiger charge is 2.24. The molecule has 1 atom stereocenters. The fourth-order valence-corrected chi connectivity index (χ4v) is 6.41. The second-order valence-electron chi connectivity index (χ2n) is 9.77. The first-order chi connectivity index (χ1) is 18.0. The third-order valence-electron chi connectivity index (χ3n) is 7.27. The van der Waals surface area contributed by atoms with Gasteiger partial charge in [0.15, 0.2) is 5.78 Å². The van der Waals surface area contributed by atoms with Gasteiger partial charge >= 0.3 is 0 Å². The van der Waals surface area contributed by atoms with Crippen LogP contribution in [-0.4, -0.2) is 43.9 Å². The van der Waals surface area contributed by atoms with E-state index in [0.717, 1.165) is 62.5 Å². The highest BCUT2D eigenvalue weighted by atomic mass is 32.1. The Morgan fingerprint density at radius 2 is 2.14 bits per heavy atom. The smallest absolute Gasteiger partial charge is 0.173 e. The van der Waals surface area contributed by atoms with Crippen molar-refractivity contribution in [2.45, 2.75) is 38.7 Å². The van der Waals surface area contributed by atoms with Crippen molar-refractivity contribution >= 4 is 28.8 Å². The summed E-state index contributed by atoms with van der Waals surface area (Å²) in [7, 11) is 1.91. The monoisotopic (exact) mass is 512 g/mol. The Morgan fingerprint density at radius 3 is 2.89 bits per heavy atom. The molecule has 7 nitrogen and oxygen atoms in total. The zero-order valence-corrected chi connectivity index (χ0v) is 21.7. The quantitative estimate of drug-likeness (QED) is 0.359. The lowest BCUT2D eigenvalue weighted by atomic mass is 9.89. The molecule has 0 saturated carbocycles. The van der Waals surface area contributed by atoms with E-state index < -0.39 is 0 Å². The molecule has 0 bridgehead atoms. The summed E-state index contributed by atoms with van der Waals surface area (Å²) in [6, 6.07) is 8.15. The van der Waals surface area contributed by atoms with E-state index in [9.17, 15) is 9.90 Å². The molecule has 1 N–H and O–H groups in total. The molecule has 0 amide bonds. The average molecular weight is 513 g/mol. The van der Waals surface area contributed by atoms with Gasteiger partial charge in [0.25, 0.3) is 0 Å². The molecule has 0 saturated heterocycles. The minimum absolute atomic E-state index is 0.0737. The molecule has 3 aromatic heterocycles. The van der Waals surface area contributed by atoms with Crippen LogP contribution in [0.1, 0.15) is 60.4 Å². The summed E-state index contributed by atoms with van der Waals surface area (Å²) in [4.78, 5) is 24.3. The molecular formula is C29H28N4O3S. The van der Waals surface area contributed by atoms with Crippen LogP contribution < -0.4 is 0 Å². The highest BCUT2D eigenvalue weighted by Crippen LogP contribution is 2.37. The number of aliphatic hydroxyl groups is 1. The molecule has 0 radical (unpaired) electrons. The number of benzene rings is 1. The second kappa shape index (κ2) is 9.78. The summed E-state index contributed by atoms with van der Waals surface area (Å²) in [5, 5.41) is 14.5. The molecule has 1 aliphatic heterocycles. The van der Waals surface area contributed by atoms with Crippen molar-refractivity contribution in [2.75, 3.05) is 13.2 Å². The molecule has 1 unspecified atom stereocenters. The Labute approximate surface area is 219 Å². The van der Waals surface area contributed by atoms with Crippen molar-refractivity contribution in [3.05, 3.63) is 86.3 Å². The van der Waals surface area contributed by atoms with Crippen LogP contribution in [0, 0.1) is 6.92 Å². The first kappa shape index (κ1) is 23.9. The van der Waals surface area contributed by atoms with Crippen LogP contribution in [0.2, 0.25) is 0 Å². The predicted molar refractivity (Wildman–Crippen MR) is 143 cm³/mol. The number of aromatic nitrogens is 4. The molecule has 4 aromatic rings. The minimum atomic E-state index is -0.258. The zero-order chi connectivity index (χ0) is 25.5. The number of hydrogen-bond acceptors (Lipinski definition) is 7. The number of carbonyl (C=O) groups excluding carboxylic acids is 1. The maximum Gasteiger partial charge on any atom is 0.173 e. The van der Waals surface area contributed by atoms with Gasteiger partial charge in [0.05, 0.1) is 42.3 Å². The molecule has 2 aliphatic rings. The van der Waals surface area contributed by atoms with E-state index in [1.807, 2.05) is 44.6 Å². The molecule has 8 heteroatoms. The third kappa shape index (κ3) is 4.56. The van der Waals surface area contributed by atoms with Gasteiger partial charge in [-0.1, -0.05) is 12.1 Å². The van der Waals surface area contributed by atoms with E-state index in [1.165, 1.54) is 10.5 Å². The number of hydrogen-bond donors (Lipinski definition) is 1. The minimum Gasteiger partial charge on any atom is -0.396 e. The number of nitrogens with zero attached hydrogens (tertiary/aromatic N) is 4. The number of aryl methyl sites for hydroxylation is 2. The molecular weight excluding hydrogens is 484 g/mol. The Kier molecular flexibility index (Phi) is 6.32. The first-order valence-corrected chi connectivity index (χ1v) is 13.3. The second-order valence-corrected chi connectivity index (χ2v) is 10.9. The van der Waals surface area contributed by atoms with Crippen LogP contribution in [0.25, 0.3) is 22.9 Å². The Hall–Kier alpha value is -3.46. The topological polar surface area (TPSA) is 90.1 Å². The lowest BCUT2D eigenvalue weighted by Gasteiger charge is -2.18. The summed E-state index contributed by atoms with van der Waals surface area (Å²) in [6.07, 6.45) is 9.50. The molecule has 0 spiro atoms. The SMILES string of the molecule is Cc1cc(-c2ncnc3c2CC(c2cnn(C)c2)=C3)ccc1C(CO)CC(=O)c1cc2c(s1)CCOC2. The van der Waals surface area contributed by atoms with Gasteiger partial charge in [-0.15, -0.1) is 11.3 Å². The van der Waals surface area contributed by atoms with Gasteiger partial charge in [-0.25, -0.2) is 9.97 Å². The molecule has 37 heavy (non-hydrogen) atoms. The predicted octanol–water partition coefficient (Wildman–Crippen LogP) is 4.77. The van der Waals surface area contributed by atoms with Crippen molar-refractivity contribution in [2.24, 2.45) is 7.05 Å². The average Bonchev–Trinajstić information content (AvgIpc) is 3.64. The lowest BCUT2D eigenvalue weighted by Crippen LogP contribution is -2.12. The Morgan fingerprint density at radius 1 is 1.24 bits per heavy atom. The normalized spacial score (nSPS) is 15.3. The fraction of sp³-hybridized carbons (Fsp3) is 0.310. The van der Waals surface area contributed by atoms with E-state index in [0.29, 0.717) is 13.2 Å². The number of ether oxygens (including phenoxy) is 1. The largest absolute Gasteiger partial charge is 0.396 e. The van der Waals surface area contributed by atoms with Crippen molar-refractivity contribution in [3.63, 3.8) is 0 Å². The van der Waals surface area contributed by atoms with Crippen LogP contribution in [0.15, 0.2) is 43.0 Å². The number of rotatable bonds is 7. The number of allylic oxidation sites excluding steroid dienone is 1. The number of ketones is 1. The molecule has 188 valence electrons. The van der Waals surface area contributed by atoms with Gasteiger partial charge in [0.2, 0.25) is 0 Å². The van der Waals surface area contributed by atoms with Gasteiger partial charge in [0, 0.05) is 60.0 Å². The maximum absolute atomic E-state index is 13.1. The Bertz CT molecular complexity index is 1510. The Balaban J connectivity index is 1.23. The van der Waals surface area contributed by atoms with Crippen LogP contribution in [0.4, 0.5) is 0 Å². The highest BCUT2D eigenvalue weighted by molar-refractivity contribution is 7.14. The van der Waals surface area contributed by atoms with Gasteiger partial charge in [-0.05, 0) is 47.4 Å². The van der Waals surface area contributed by atoms with Gasteiger partial charge in [0.1, 0.15) is 6.33 Å². The van der Waals surface area contributed by atoms with Crippen molar-refractivity contribution in [3.8, 4) is 11.3 Å². The van der Waals surface area contributed by atoms with Crippen LogP contribution in [-0.2, 0) is 31.2 Å². The van der Waals surface area contributed by atoms with E-state index in [-0.39, 0.29) is 24.7 Å². The summed E-state index contributed by atoms with van der Waals surface area (Å²) < 4.78 is 7.32. The van der Waals surface area contributed by atoms with Crippen molar-refractivity contribution < 1.29 is 14.6 Å². The number of Topliss-reactive ketones (excluding diaryl/α,β-unsaturated/α-hetero) is 1. The maximum atomic E-state index is 13.1. The van der Waals surface area contributed by atoms with E-state index in [1.54, 1.807) is 22.3 Å². The van der Waals surface area contributed by atoms with Crippen LogP contribution in [0.3, 0.4) is 0 Å². The van der Waals surface area contributed by atoms with Gasteiger partial charge < -0.3 is 9.84 Å². The molecule has 4 heterocycles. The molecule has 0 fully saturated rings. The molecule has 1 aliphatic carbocycles. The van der Waals surface area contributed by atoms with E-state index >= 15 is 0 Å². The summed E-state index contributed by atoms with van der Waals surface area (Å²) in [5.74, 6) is -0.184.